The van der Waals surface area contributed by atoms with Gasteiger partial charge in [0.2, 0.25) is 0 Å². The molecule has 1 aromatic rings. The van der Waals surface area contributed by atoms with E-state index in [9.17, 15) is 9.90 Å². The lowest BCUT2D eigenvalue weighted by molar-refractivity contribution is 0.165. The van der Waals surface area contributed by atoms with E-state index in [1.165, 1.54) is 0 Å². The van der Waals surface area contributed by atoms with E-state index in [4.69, 9.17) is 0 Å². The summed E-state index contributed by atoms with van der Waals surface area (Å²) in [7, 11) is 4.03. The maximum atomic E-state index is 12.1. The standard InChI is InChI=1S/C18H31N3O2/c1-5-18(6-2,10-11-22)14-19-17(23)20-16-9-7-8-15(12-16)13-21(3)4/h7-9,12,22H,5-6,10-11,13-14H2,1-4H3,(H2,19,20,23). The highest BCUT2D eigenvalue weighted by Crippen LogP contribution is 2.29. The van der Waals surface area contributed by atoms with Crippen LogP contribution in [0.2, 0.25) is 0 Å². The van der Waals surface area contributed by atoms with Crippen molar-refractivity contribution in [3.8, 4) is 0 Å². The van der Waals surface area contributed by atoms with Crippen LogP contribution < -0.4 is 10.6 Å². The number of carbonyl (C=O) groups excluding carboxylic acids is 1. The first-order chi connectivity index (χ1) is 10.9. The van der Waals surface area contributed by atoms with E-state index < -0.39 is 0 Å². The molecule has 0 aromatic heterocycles. The molecule has 1 rings (SSSR count). The summed E-state index contributed by atoms with van der Waals surface area (Å²) in [5.41, 5.74) is 1.92. The van der Waals surface area contributed by atoms with Crippen molar-refractivity contribution in [3.05, 3.63) is 29.8 Å². The molecule has 23 heavy (non-hydrogen) atoms. The number of hydrogen-bond donors (Lipinski definition) is 3. The summed E-state index contributed by atoms with van der Waals surface area (Å²) < 4.78 is 0. The van der Waals surface area contributed by atoms with Crippen LogP contribution in [0.15, 0.2) is 24.3 Å². The van der Waals surface area contributed by atoms with E-state index in [-0.39, 0.29) is 18.1 Å². The molecule has 3 N–H and O–H groups in total. The van der Waals surface area contributed by atoms with Crippen LogP contribution in [0.1, 0.15) is 38.7 Å². The zero-order valence-electron chi connectivity index (χ0n) is 14.9. The minimum absolute atomic E-state index is 0.0289. The van der Waals surface area contributed by atoms with Crippen molar-refractivity contribution in [1.82, 2.24) is 10.2 Å². The van der Waals surface area contributed by atoms with Crippen LogP contribution >= 0.6 is 0 Å². The summed E-state index contributed by atoms with van der Waals surface area (Å²) in [4.78, 5) is 14.2. The van der Waals surface area contributed by atoms with Crippen LogP contribution in [0.5, 0.6) is 0 Å². The molecule has 0 radical (unpaired) electrons. The Morgan fingerprint density at radius 2 is 1.96 bits per heavy atom. The molecule has 0 bridgehead atoms. The van der Waals surface area contributed by atoms with Gasteiger partial charge in [-0.2, -0.15) is 0 Å². The number of nitrogens with one attached hydrogen (secondary N) is 2. The van der Waals surface area contributed by atoms with Crippen molar-refractivity contribution in [2.24, 2.45) is 5.41 Å². The molecule has 130 valence electrons. The van der Waals surface area contributed by atoms with Gasteiger partial charge in [0.05, 0.1) is 0 Å². The normalized spacial score (nSPS) is 11.6. The lowest BCUT2D eigenvalue weighted by Crippen LogP contribution is -2.39. The highest BCUT2D eigenvalue weighted by molar-refractivity contribution is 5.89. The lowest BCUT2D eigenvalue weighted by Gasteiger charge is -2.31. The second kappa shape index (κ2) is 9.53. The van der Waals surface area contributed by atoms with Crippen molar-refractivity contribution < 1.29 is 9.90 Å². The van der Waals surface area contributed by atoms with Gasteiger partial charge >= 0.3 is 6.03 Å². The van der Waals surface area contributed by atoms with Gasteiger partial charge in [-0.05, 0) is 56.5 Å². The molecule has 5 heteroatoms. The van der Waals surface area contributed by atoms with E-state index in [0.717, 1.165) is 30.6 Å². The maximum absolute atomic E-state index is 12.1. The number of urea groups is 1. The quantitative estimate of drug-likeness (QED) is 0.655. The summed E-state index contributed by atoms with van der Waals surface area (Å²) in [6, 6.07) is 7.67. The Bertz CT molecular complexity index is 485. The first-order valence-electron chi connectivity index (χ1n) is 8.34. The van der Waals surface area contributed by atoms with Crippen LogP contribution in [0.3, 0.4) is 0 Å². The first-order valence-corrected chi connectivity index (χ1v) is 8.34. The summed E-state index contributed by atoms with van der Waals surface area (Å²) >= 11 is 0. The Labute approximate surface area is 140 Å². The van der Waals surface area contributed by atoms with Crippen LogP contribution in [0.25, 0.3) is 0 Å². The van der Waals surface area contributed by atoms with E-state index in [1.807, 2.05) is 38.4 Å². The molecule has 1 aromatic carbocycles. The van der Waals surface area contributed by atoms with Crippen LogP contribution in [-0.4, -0.2) is 43.3 Å². The van der Waals surface area contributed by atoms with E-state index in [0.29, 0.717) is 13.0 Å². The zero-order chi connectivity index (χ0) is 17.3. The number of aliphatic hydroxyl groups is 1. The van der Waals surface area contributed by atoms with Crippen molar-refractivity contribution in [3.63, 3.8) is 0 Å². The minimum Gasteiger partial charge on any atom is -0.396 e. The molecule has 5 nitrogen and oxygen atoms in total. The van der Waals surface area contributed by atoms with E-state index in [1.54, 1.807) is 0 Å². The molecule has 0 spiro atoms. The van der Waals surface area contributed by atoms with Gasteiger partial charge < -0.3 is 20.6 Å². The van der Waals surface area contributed by atoms with Gasteiger partial charge in [0, 0.05) is 25.4 Å². The highest BCUT2D eigenvalue weighted by Gasteiger charge is 2.26. The molecule has 0 fully saturated rings. The third-order valence-corrected chi connectivity index (χ3v) is 4.45. The molecule has 0 aliphatic carbocycles. The van der Waals surface area contributed by atoms with Crippen LogP contribution in [0, 0.1) is 5.41 Å². The van der Waals surface area contributed by atoms with Gasteiger partial charge in [0.25, 0.3) is 0 Å². The summed E-state index contributed by atoms with van der Waals surface area (Å²) in [6.45, 7) is 5.76. The number of carbonyl (C=O) groups is 1. The number of anilines is 1. The Kier molecular flexibility index (Phi) is 8.06. The largest absolute Gasteiger partial charge is 0.396 e. The van der Waals surface area contributed by atoms with Crippen molar-refractivity contribution in [1.29, 1.82) is 0 Å². The predicted molar refractivity (Wildman–Crippen MR) is 95.6 cm³/mol. The number of rotatable bonds is 9. The Balaban J connectivity index is 2.59. The lowest BCUT2D eigenvalue weighted by atomic mass is 9.79. The van der Waals surface area contributed by atoms with Gasteiger partial charge in [-0.3, -0.25) is 0 Å². The monoisotopic (exact) mass is 321 g/mol. The molecule has 0 saturated carbocycles. The number of nitrogens with zero attached hydrogens (tertiary/aromatic N) is 1. The van der Waals surface area contributed by atoms with E-state index >= 15 is 0 Å². The fourth-order valence-electron chi connectivity index (χ4n) is 2.73. The minimum atomic E-state index is -0.198. The maximum Gasteiger partial charge on any atom is 0.319 e. The van der Waals surface area contributed by atoms with Gasteiger partial charge in [0.15, 0.2) is 0 Å². The first kappa shape index (κ1) is 19.5. The molecule has 0 atom stereocenters. The summed E-state index contributed by atoms with van der Waals surface area (Å²) in [5.74, 6) is 0. The van der Waals surface area contributed by atoms with E-state index in [2.05, 4.69) is 29.4 Å². The Hall–Kier alpha value is -1.59. The molecule has 0 unspecified atom stereocenters. The average molecular weight is 321 g/mol. The zero-order valence-corrected chi connectivity index (χ0v) is 14.9. The number of hydrogen-bond acceptors (Lipinski definition) is 3. The Morgan fingerprint density at radius 3 is 2.52 bits per heavy atom. The molecule has 0 saturated heterocycles. The third kappa shape index (κ3) is 6.59. The van der Waals surface area contributed by atoms with Crippen molar-refractivity contribution in [2.45, 2.75) is 39.7 Å². The topological polar surface area (TPSA) is 64.6 Å². The van der Waals surface area contributed by atoms with Crippen LogP contribution in [-0.2, 0) is 6.54 Å². The molecule has 0 aliphatic rings. The Morgan fingerprint density at radius 1 is 1.26 bits per heavy atom. The van der Waals surface area contributed by atoms with Gasteiger partial charge in [0.1, 0.15) is 0 Å². The van der Waals surface area contributed by atoms with Crippen molar-refractivity contribution >= 4 is 11.7 Å². The van der Waals surface area contributed by atoms with Gasteiger partial charge in [-0.25, -0.2) is 4.79 Å². The second-order valence-corrected chi connectivity index (χ2v) is 6.43. The second-order valence-electron chi connectivity index (χ2n) is 6.43. The van der Waals surface area contributed by atoms with Gasteiger partial charge in [-0.1, -0.05) is 26.0 Å². The number of amides is 2. The van der Waals surface area contributed by atoms with Crippen molar-refractivity contribution in [2.75, 3.05) is 32.6 Å². The number of benzene rings is 1. The smallest absolute Gasteiger partial charge is 0.319 e. The molecule has 2 amide bonds. The predicted octanol–water partition coefficient (Wildman–Crippen LogP) is 3.06. The third-order valence-electron chi connectivity index (χ3n) is 4.45. The summed E-state index contributed by atoms with van der Waals surface area (Å²) in [6.07, 6.45) is 2.57. The molecular formula is C18H31N3O2. The molecule has 0 aliphatic heterocycles. The van der Waals surface area contributed by atoms with Gasteiger partial charge in [-0.15, -0.1) is 0 Å². The SMILES string of the molecule is CCC(CC)(CCO)CNC(=O)Nc1cccc(CN(C)C)c1. The van der Waals surface area contributed by atoms with Crippen LogP contribution in [0.4, 0.5) is 10.5 Å². The summed E-state index contributed by atoms with van der Waals surface area (Å²) in [5, 5.41) is 15.1. The number of aliphatic hydroxyl groups excluding tert-OH is 1. The highest BCUT2D eigenvalue weighted by atomic mass is 16.3. The fraction of sp³-hybridized carbons (Fsp3) is 0.611. The average Bonchev–Trinajstić information content (AvgIpc) is 2.51. The molecule has 0 heterocycles. The molecular weight excluding hydrogens is 290 g/mol. The fourth-order valence-corrected chi connectivity index (χ4v) is 2.73.